The lowest BCUT2D eigenvalue weighted by Crippen LogP contribution is -2.41. The summed E-state index contributed by atoms with van der Waals surface area (Å²) >= 11 is 0. The summed E-state index contributed by atoms with van der Waals surface area (Å²) in [6.45, 7) is 3.18. The minimum Gasteiger partial charge on any atom is -0.466 e. The van der Waals surface area contributed by atoms with E-state index in [9.17, 15) is 14.4 Å². The third-order valence-electron chi connectivity index (χ3n) is 9.06. The number of esters is 1. The van der Waals surface area contributed by atoms with Crippen molar-refractivity contribution >= 4 is 17.8 Å². The monoisotopic (exact) mass is 529 g/mol. The summed E-state index contributed by atoms with van der Waals surface area (Å²) < 4.78 is 5.40. The Kier molecular flexibility index (Phi) is 9.16. The van der Waals surface area contributed by atoms with Crippen molar-refractivity contribution in [3.63, 3.8) is 0 Å². The summed E-state index contributed by atoms with van der Waals surface area (Å²) in [5.41, 5.74) is 4.82. The van der Waals surface area contributed by atoms with E-state index in [0.29, 0.717) is 19.6 Å². The number of ether oxygens (including phenoxy) is 1. The van der Waals surface area contributed by atoms with Gasteiger partial charge in [-0.25, -0.2) is 0 Å². The van der Waals surface area contributed by atoms with Crippen molar-refractivity contribution in [2.75, 3.05) is 13.2 Å². The third kappa shape index (κ3) is 5.69. The number of imide groups is 1. The van der Waals surface area contributed by atoms with Gasteiger partial charge in [0, 0.05) is 24.8 Å². The van der Waals surface area contributed by atoms with Gasteiger partial charge in [-0.05, 0) is 41.5 Å². The predicted octanol–water partition coefficient (Wildman–Crippen LogP) is 7.12. The van der Waals surface area contributed by atoms with Crippen molar-refractivity contribution in [3.05, 3.63) is 70.8 Å². The zero-order valence-electron chi connectivity index (χ0n) is 23.4. The van der Waals surface area contributed by atoms with Crippen LogP contribution in [0.1, 0.15) is 118 Å². The number of unbranched alkanes of at least 4 members (excludes halogenated alkanes) is 9. The van der Waals surface area contributed by atoms with E-state index >= 15 is 0 Å². The Hall–Kier alpha value is -2.95. The fraction of sp³-hybridized carbons (Fsp3) is 0.559. The van der Waals surface area contributed by atoms with Crippen molar-refractivity contribution in [3.8, 4) is 0 Å². The molecule has 208 valence electrons. The highest BCUT2D eigenvalue weighted by molar-refractivity contribution is 6.07. The molecule has 0 spiro atoms. The Morgan fingerprint density at radius 1 is 0.667 bits per heavy atom. The highest BCUT2D eigenvalue weighted by atomic mass is 16.5. The number of carbonyl (C=O) groups excluding carboxylic acids is 3. The Labute approximate surface area is 233 Å². The molecule has 2 amide bonds. The molecule has 6 rings (SSSR count). The van der Waals surface area contributed by atoms with Crippen LogP contribution in [0.4, 0.5) is 0 Å². The molecular weight excluding hydrogens is 486 g/mol. The van der Waals surface area contributed by atoms with E-state index in [0.717, 1.165) is 32.1 Å². The first-order valence-corrected chi connectivity index (χ1v) is 15.3. The van der Waals surface area contributed by atoms with E-state index in [1.165, 1.54) is 65.7 Å². The maximum atomic E-state index is 13.6. The lowest BCUT2D eigenvalue weighted by Gasteiger charge is -2.45. The van der Waals surface area contributed by atoms with Gasteiger partial charge in [-0.1, -0.05) is 107 Å². The second-order valence-corrected chi connectivity index (χ2v) is 11.6. The predicted molar refractivity (Wildman–Crippen MR) is 152 cm³/mol. The van der Waals surface area contributed by atoms with Crippen LogP contribution in [0.15, 0.2) is 48.5 Å². The molecule has 5 heteroatoms. The highest BCUT2D eigenvalue weighted by Crippen LogP contribution is 2.60. The first-order chi connectivity index (χ1) is 19.1. The quantitative estimate of drug-likeness (QED) is 0.140. The number of amides is 2. The van der Waals surface area contributed by atoms with E-state index < -0.39 is 0 Å². The van der Waals surface area contributed by atoms with Gasteiger partial charge in [0.1, 0.15) is 0 Å². The van der Waals surface area contributed by atoms with Gasteiger partial charge in [0.05, 0.1) is 18.4 Å². The molecule has 0 radical (unpaired) electrons. The van der Waals surface area contributed by atoms with Crippen molar-refractivity contribution in [2.24, 2.45) is 11.8 Å². The van der Waals surface area contributed by atoms with Gasteiger partial charge in [0.2, 0.25) is 11.8 Å². The first-order valence-electron chi connectivity index (χ1n) is 15.3. The average molecular weight is 530 g/mol. The Bertz CT molecular complexity index is 1060. The summed E-state index contributed by atoms with van der Waals surface area (Å²) in [7, 11) is 0. The molecule has 1 heterocycles. The van der Waals surface area contributed by atoms with E-state index in [4.69, 9.17) is 4.74 Å². The molecule has 1 aliphatic heterocycles. The maximum absolute atomic E-state index is 13.6. The number of benzene rings is 2. The number of hydrogen-bond acceptors (Lipinski definition) is 4. The molecular formula is C34H43NO4. The fourth-order valence-electron chi connectivity index (χ4n) is 7.17. The summed E-state index contributed by atoms with van der Waals surface area (Å²) in [5.74, 6) is -0.890. The van der Waals surface area contributed by atoms with Gasteiger partial charge in [-0.2, -0.15) is 0 Å². The molecule has 2 bridgehead atoms. The lowest BCUT2D eigenvalue weighted by molar-refractivity contribution is -0.144. The molecule has 5 nitrogen and oxygen atoms in total. The number of likely N-dealkylation sites (tertiary alicyclic amines) is 1. The van der Waals surface area contributed by atoms with Crippen molar-refractivity contribution < 1.29 is 19.1 Å². The van der Waals surface area contributed by atoms with Crippen LogP contribution in [-0.2, 0) is 19.1 Å². The topological polar surface area (TPSA) is 63.7 Å². The van der Waals surface area contributed by atoms with Crippen LogP contribution in [0, 0.1) is 11.8 Å². The normalized spacial score (nSPS) is 22.5. The Morgan fingerprint density at radius 3 is 1.64 bits per heavy atom. The van der Waals surface area contributed by atoms with E-state index in [1.807, 2.05) is 24.3 Å². The van der Waals surface area contributed by atoms with Crippen LogP contribution < -0.4 is 0 Å². The first kappa shape index (κ1) is 27.6. The van der Waals surface area contributed by atoms with Crippen LogP contribution in [0.2, 0.25) is 0 Å². The van der Waals surface area contributed by atoms with Crippen molar-refractivity contribution in [1.82, 2.24) is 4.90 Å². The largest absolute Gasteiger partial charge is 0.466 e. The molecule has 0 aromatic heterocycles. The SMILES string of the molecule is CCCCCCCCCCOC(=O)CCCCCN1C(=O)C2C3c4ccccc4C(c4ccccc43)C2C1=O. The molecule has 2 aromatic rings. The second kappa shape index (κ2) is 12.9. The lowest BCUT2D eigenvalue weighted by atomic mass is 9.55. The van der Waals surface area contributed by atoms with Crippen LogP contribution in [0.3, 0.4) is 0 Å². The Balaban J connectivity index is 1.06. The van der Waals surface area contributed by atoms with Gasteiger partial charge in [-0.15, -0.1) is 0 Å². The molecule has 2 unspecified atom stereocenters. The van der Waals surface area contributed by atoms with Gasteiger partial charge >= 0.3 is 5.97 Å². The molecule has 39 heavy (non-hydrogen) atoms. The summed E-state index contributed by atoms with van der Waals surface area (Å²) in [4.78, 5) is 40.9. The molecule has 1 fully saturated rings. The van der Waals surface area contributed by atoms with Crippen LogP contribution in [-0.4, -0.2) is 35.8 Å². The molecule has 0 N–H and O–H groups in total. The molecule has 4 aliphatic rings. The zero-order valence-corrected chi connectivity index (χ0v) is 23.4. The zero-order chi connectivity index (χ0) is 27.2. The average Bonchev–Trinajstić information content (AvgIpc) is 3.21. The van der Waals surface area contributed by atoms with Crippen LogP contribution >= 0.6 is 0 Å². The maximum Gasteiger partial charge on any atom is 0.305 e. The molecule has 0 saturated carbocycles. The summed E-state index contributed by atoms with van der Waals surface area (Å²) in [6, 6.07) is 16.7. The fourth-order valence-corrected chi connectivity index (χ4v) is 7.17. The minimum atomic E-state index is -0.307. The van der Waals surface area contributed by atoms with E-state index in [-0.39, 0.29) is 41.5 Å². The van der Waals surface area contributed by atoms with Gasteiger partial charge < -0.3 is 4.74 Å². The standard InChI is InChI=1S/C34H43NO4/c1-2-3-4-5-6-7-8-16-23-39-28(36)21-10-9-15-22-35-33(37)31-29-24-17-11-12-18-25(24)30(32(31)34(35)38)27-20-14-13-19-26(27)29/h11-14,17-20,29-32H,2-10,15-16,21-23H2,1H3. The molecule has 3 aliphatic carbocycles. The summed E-state index contributed by atoms with van der Waals surface area (Å²) in [6.07, 6.45) is 12.4. The number of nitrogens with zero attached hydrogens (tertiary/aromatic N) is 1. The highest BCUT2D eigenvalue weighted by Gasteiger charge is 2.61. The number of carbonyl (C=O) groups is 3. The van der Waals surface area contributed by atoms with E-state index in [2.05, 4.69) is 31.2 Å². The van der Waals surface area contributed by atoms with Crippen LogP contribution in [0.25, 0.3) is 0 Å². The van der Waals surface area contributed by atoms with Gasteiger partial charge in [-0.3, -0.25) is 19.3 Å². The van der Waals surface area contributed by atoms with Crippen molar-refractivity contribution in [2.45, 2.75) is 95.8 Å². The number of rotatable bonds is 15. The molecule has 1 saturated heterocycles. The summed E-state index contributed by atoms with van der Waals surface area (Å²) in [5, 5.41) is 0. The second-order valence-electron chi connectivity index (χ2n) is 11.6. The number of hydrogen-bond donors (Lipinski definition) is 0. The van der Waals surface area contributed by atoms with Gasteiger partial charge in [0.15, 0.2) is 0 Å². The minimum absolute atomic E-state index is 0.0196. The third-order valence-corrected chi connectivity index (χ3v) is 9.06. The molecule has 2 aromatic carbocycles. The molecule has 2 atom stereocenters. The smallest absolute Gasteiger partial charge is 0.305 e. The van der Waals surface area contributed by atoms with Gasteiger partial charge in [0.25, 0.3) is 0 Å². The Morgan fingerprint density at radius 2 is 1.13 bits per heavy atom. The van der Waals surface area contributed by atoms with Crippen LogP contribution in [0.5, 0.6) is 0 Å². The van der Waals surface area contributed by atoms with Crippen molar-refractivity contribution in [1.29, 1.82) is 0 Å². The van der Waals surface area contributed by atoms with E-state index in [1.54, 1.807) is 0 Å².